The number of para-hydroxylation sites is 1. The molecule has 0 saturated carbocycles. The molecule has 6 heteroatoms. The second-order valence-corrected chi connectivity index (χ2v) is 4.72. The molecule has 2 nitrogen and oxygen atoms in total. The molecule has 0 unspecified atom stereocenters. The summed E-state index contributed by atoms with van der Waals surface area (Å²) in [6.07, 6.45) is -4.54. The molecule has 20 heavy (non-hydrogen) atoms. The third kappa shape index (κ3) is 3.07. The van der Waals surface area contributed by atoms with Crippen molar-refractivity contribution in [3.8, 4) is 17.2 Å². The predicted molar refractivity (Wildman–Crippen MR) is 72.2 cm³/mol. The van der Waals surface area contributed by atoms with Crippen molar-refractivity contribution in [3.63, 3.8) is 0 Å². The van der Waals surface area contributed by atoms with E-state index >= 15 is 0 Å². The van der Waals surface area contributed by atoms with Crippen molar-refractivity contribution < 1.29 is 22.6 Å². The van der Waals surface area contributed by atoms with Crippen LogP contribution in [0.25, 0.3) is 0 Å². The van der Waals surface area contributed by atoms with E-state index in [1.54, 1.807) is 30.3 Å². The molecule has 2 aromatic carbocycles. The third-order valence-electron chi connectivity index (χ3n) is 2.53. The first-order chi connectivity index (χ1) is 9.43. The zero-order valence-corrected chi connectivity index (χ0v) is 12.0. The fourth-order valence-electron chi connectivity index (χ4n) is 1.70. The zero-order chi connectivity index (χ0) is 14.8. The molecule has 0 atom stereocenters. The monoisotopic (exact) mass is 346 g/mol. The number of methoxy groups -OCH3 is 1. The highest BCUT2D eigenvalue weighted by molar-refractivity contribution is 9.10. The molecule has 2 rings (SSSR count). The van der Waals surface area contributed by atoms with Crippen LogP contribution < -0.4 is 9.47 Å². The van der Waals surface area contributed by atoms with Crippen LogP contribution in [0.15, 0.2) is 46.9 Å². The van der Waals surface area contributed by atoms with Gasteiger partial charge in [0.25, 0.3) is 0 Å². The van der Waals surface area contributed by atoms with Gasteiger partial charge in [-0.1, -0.05) is 34.1 Å². The Labute approximate surface area is 122 Å². The van der Waals surface area contributed by atoms with E-state index in [0.717, 1.165) is 0 Å². The predicted octanol–water partition coefficient (Wildman–Crippen LogP) is 5.27. The standard InChI is InChI=1S/C14H10BrF3O2/c1-19-13-11(20-9-5-3-2-4-6-9)8-7-10(15)12(13)14(16,17)18/h2-8H,1H3. The second-order valence-electron chi connectivity index (χ2n) is 3.87. The van der Waals surface area contributed by atoms with Crippen molar-refractivity contribution in [1.82, 2.24) is 0 Å². The first kappa shape index (κ1) is 14.7. The molecule has 0 amide bonds. The number of halogens is 4. The Morgan fingerprint density at radius 1 is 1.00 bits per heavy atom. The third-order valence-corrected chi connectivity index (χ3v) is 3.19. The lowest BCUT2D eigenvalue weighted by Gasteiger charge is -2.17. The molecule has 0 aliphatic rings. The lowest BCUT2D eigenvalue weighted by molar-refractivity contribution is -0.139. The molecule has 106 valence electrons. The summed E-state index contributed by atoms with van der Waals surface area (Å²) >= 11 is 2.89. The first-order valence-electron chi connectivity index (χ1n) is 5.60. The molecular weight excluding hydrogens is 337 g/mol. The number of benzene rings is 2. The molecule has 0 fully saturated rings. The van der Waals surface area contributed by atoms with E-state index in [0.29, 0.717) is 5.75 Å². The molecule has 0 aromatic heterocycles. The van der Waals surface area contributed by atoms with Gasteiger partial charge < -0.3 is 9.47 Å². The van der Waals surface area contributed by atoms with Crippen molar-refractivity contribution >= 4 is 15.9 Å². The van der Waals surface area contributed by atoms with Crippen LogP contribution in [0.3, 0.4) is 0 Å². The van der Waals surface area contributed by atoms with Crippen molar-refractivity contribution in [1.29, 1.82) is 0 Å². The minimum Gasteiger partial charge on any atom is -0.492 e. The molecule has 0 N–H and O–H groups in total. The van der Waals surface area contributed by atoms with Crippen LogP contribution in [0.4, 0.5) is 13.2 Å². The van der Waals surface area contributed by atoms with Gasteiger partial charge in [0.05, 0.1) is 7.11 Å². The van der Waals surface area contributed by atoms with E-state index in [-0.39, 0.29) is 16.0 Å². The average molecular weight is 347 g/mol. The van der Waals surface area contributed by atoms with Gasteiger partial charge in [0.2, 0.25) is 0 Å². The van der Waals surface area contributed by atoms with Gasteiger partial charge in [0, 0.05) is 4.47 Å². The van der Waals surface area contributed by atoms with E-state index in [2.05, 4.69) is 15.9 Å². The normalized spacial score (nSPS) is 11.2. The lowest BCUT2D eigenvalue weighted by Crippen LogP contribution is -2.09. The summed E-state index contributed by atoms with van der Waals surface area (Å²) in [6, 6.07) is 11.2. The average Bonchev–Trinajstić information content (AvgIpc) is 2.40. The zero-order valence-electron chi connectivity index (χ0n) is 10.4. The maximum Gasteiger partial charge on any atom is 0.421 e. The summed E-state index contributed by atoms with van der Waals surface area (Å²) < 4.78 is 49.4. The van der Waals surface area contributed by atoms with Gasteiger partial charge in [-0.3, -0.25) is 0 Å². The van der Waals surface area contributed by atoms with Crippen LogP contribution >= 0.6 is 15.9 Å². The first-order valence-corrected chi connectivity index (χ1v) is 6.39. The lowest BCUT2D eigenvalue weighted by atomic mass is 10.1. The number of ether oxygens (including phenoxy) is 2. The fourth-order valence-corrected chi connectivity index (χ4v) is 2.24. The smallest absolute Gasteiger partial charge is 0.421 e. The van der Waals surface area contributed by atoms with Gasteiger partial charge in [0.15, 0.2) is 11.5 Å². The molecular formula is C14H10BrF3O2. The summed E-state index contributed by atoms with van der Waals surface area (Å²) in [5.74, 6) is 0.0891. The highest BCUT2D eigenvalue weighted by Gasteiger charge is 2.38. The molecule has 0 radical (unpaired) electrons. The van der Waals surface area contributed by atoms with E-state index in [9.17, 15) is 13.2 Å². The van der Waals surface area contributed by atoms with Gasteiger partial charge >= 0.3 is 6.18 Å². The summed E-state index contributed by atoms with van der Waals surface area (Å²) in [5.41, 5.74) is -0.895. The molecule has 0 heterocycles. The van der Waals surface area contributed by atoms with Crippen molar-refractivity contribution in [2.45, 2.75) is 6.18 Å². The Hall–Kier alpha value is -1.69. The van der Waals surface area contributed by atoms with Crippen LogP contribution in [-0.4, -0.2) is 7.11 Å². The fraction of sp³-hybridized carbons (Fsp3) is 0.143. The van der Waals surface area contributed by atoms with Gasteiger partial charge in [-0.2, -0.15) is 13.2 Å². The summed E-state index contributed by atoms with van der Waals surface area (Å²) in [5, 5.41) is 0. The van der Waals surface area contributed by atoms with Gasteiger partial charge in [0.1, 0.15) is 11.3 Å². The number of alkyl halides is 3. The second kappa shape index (κ2) is 5.75. The van der Waals surface area contributed by atoms with Gasteiger partial charge in [-0.05, 0) is 24.3 Å². The maximum absolute atomic E-state index is 13.0. The van der Waals surface area contributed by atoms with Crippen LogP contribution in [0, 0.1) is 0 Å². The highest BCUT2D eigenvalue weighted by atomic mass is 79.9. The molecule has 2 aromatic rings. The highest BCUT2D eigenvalue weighted by Crippen LogP contribution is 2.46. The van der Waals surface area contributed by atoms with Crippen molar-refractivity contribution in [2.24, 2.45) is 0 Å². The van der Waals surface area contributed by atoms with Gasteiger partial charge in [-0.15, -0.1) is 0 Å². The SMILES string of the molecule is COc1c(Oc2ccccc2)ccc(Br)c1C(F)(F)F. The Kier molecular flexibility index (Phi) is 4.23. The van der Waals surface area contributed by atoms with Crippen LogP contribution in [0.2, 0.25) is 0 Å². The molecule has 0 bridgehead atoms. The Morgan fingerprint density at radius 3 is 2.20 bits per heavy atom. The Morgan fingerprint density at radius 2 is 1.65 bits per heavy atom. The Balaban J connectivity index is 2.50. The van der Waals surface area contributed by atoms with Crippen LogP contribution in [-0.2, 0) is 6.18 Å². The summed E-state index contributed by atoms with van der Waals surface area (Å²) in [6.45, 7) is 0. The van der Waals surface area contributed by atoms with E-state index in [1.807, 2.05) is 0 Å². The minimum absolute atomic E-state index is 0.00854. The number of hydrogen-bond donors (Lipinski definition) is 0. The molecule has 0 saturated heterocycles. The van der Waals surface area contributed by atoms with Crippen molar-refractivity contribution in [3.05, 3.63) is 52.5 Å². The minimum atomic E-state index is -4.54. The molecule has 0 spiro atoms. The summed E-state index contributed by atoms with van der Waals surface area (Å²) in [7, 11) is 1.18. The molecule has 0 aliphatic heterocycles. The summed E-state index contributed by atoms with van der Waals surface area (Å²) in [4.78, 5) is 0. The van der Waals surface area contributed by atoms with Crippen molar-refractivity contribution in [2.75, 3.05) is 7.11 Å². The van der Waals surface area contributed by atoms with E-state index < -0.39 is 11.7 Å². The van der Waals surface area contributed by atoms with E-state index in [4.69, 9.17) is 9.47 Å². The molecule has 0 aliphatic carbocycles. The van der Waals surface area contributed by atoms with Crippen LogP contribution in [0.5, 0.6) is 17.2 Å². The Bertz CT molecular complexity index is 597. The number of rotatable bonds is 3. The maximum atomic E-state index is 13.0. The quantitative estimate of drug-likeness (QED) is 0.753. The number of hydrogen-bond acceptors (Lipinski definition) is 2. The van der Waals surface area contributed by atoms with Gasteiger partial charge in [-0.25, -0.2) is 0 Å². The topological polar surface area (TPSA) is 18.5 Å². The van der Waals surface area contributed by atoms with Crippen LogP contribution in [0.1, 0.15) is 5.56 Å². The van der Waals surface area contributed by atoms with E-state index in [1.165, 1.54) is 19.2 Å². The largest absolute Gasteiger partial charge is 0.492 e.